The molecule has 0 amide bonds. The highest BCUT2D eigenvalue weighted by Crippen LogP contribution is 2.29. The van der Waals surface area contributed by atoms with E-state index in [1.54, 1.807) is 7.11 Å². The highest BCUT2D eigenvalue weighted by atomic mass is 35.5. The maximum absolute atomic E-state index is 5.95. The van der Waals surface area contributed by atoms with Gasteiger partial charge in [-0.3, -0.25) is 0 Å². The van der Waals surface area contributed by atoms with Crippen molar-refractivity contribution in [3.8, 4) is 0 Å². The normalized spacial score (nSPS) is 11.3. The minimum absolute atomic E-state index is 0.629. The Morgan fingerprint density at radius 2 is 2.30 bits per heavy atom. The molecule has 0 unspecified atom stereocenters. The van der Waals surface area contributed by atoms with Crippen molar-refractivity contribution in [3.05, 3.63) is 29.0 Å². The summed E-state index contributed by atoms with van der Waals surface area (Å²) in [6, 6.07) is 5.58. The zero-order valence-electron chi connectivity index (χ0n) is 10.6. The van der Waals surface area contributed by atoms with Gasteiger partial charge in [0.25, 0.3) is 0 Å². The molecule has 3 aromatic rings. The van der Waals surface area contributed by atoms with Crippen molar-refractivity contribution in [1.82, 2.24) is 19.3 Å². The molecule has 1 N–H and O–H groups in total. The average molecular weight is 327 g/mol. The molecular formula is C12H11ClN4OS2. The quantitative estimate of drug-likeness (QED) is 0.778. The molecule has 2 heterocycles. The van der Waals surface area contributed by atoms with Crippen LogP contribution in [0.15, 0.2) is 27.7 Å². The van der Waals surface area contributed by atoms with E-state index >= 15 is 0 Å². The first-order valence-electron chi connectivity index (χ1n) is 5.89. The number of nitrogens with one attached hydrogen (secondary N) is 1. The molecule has 0 bridgehead atoms. The van der Waals surface area contributed by atoms with E-state index in [4.69, 9.17) is 16.3 Å². The molecule has 0 radical (unpaired) electrons. The van der Waals surface area contributed by atoms with Gasteiger partial charge in [-0.15, -0.1) is 0 Å². The van der Waals surface area contributed by atoms with Crippen LogP contribution in [0, 0.1) is 0 Å². The minimum atomic E-state index is 0.629. The largest absolute Gasteiger partial charge is 0.384 e. The van der Waals surface area contributed by atoms with Crippen molar-refractivity contribution in [1.29, 1.82) is 0 Å². The fourth-order valence-corrected chi connectivity index (χ4v) is 3.42. The summed E-state index contributed by atoms with van der Waals surface area (Å²) in [7, 11) is 1.67. The van der Waals surface area contributed by atoms with Crippen molar-refractivity contribution in [2.24, 2.45) is 0 Å². The summed E-state index contributed by atoms with van der Waals surface area (Å²) in [4.78, 5) is 12.1. The number of ether oxygens (including phenoxy) is 1. The van der Waals surface area contributed by atoms with Crippen LogP contribution in [0.1, 0.15) is 5.82 Å². The van der Waals surface area contributed by atoms with Gasteiger partial charge >= 0.3 is 0 Å². The van der Waals surface area contributed by atoms with Crippen LogP contribution in [0.3, 0.4) is 0 Å². The number of hydrogen-bond acceptors (Lipinski definition) is 6. The fraction of sp³-hybridized carbons (Fsp3) is 0.250. The van der Waals surface area contributed by atoms with E-state index in [9.17, 15) is 0 Å². The second-order valence-corrected chi connectivity index (χ2v) is 6.45. The van der Waals surface area contributed by atoms with E-state index in [1.807, 2.05) is 18.2 Å². The molecule has 2 aromatic heterocycles. The van der Waals surface area contributed by atoms with Gasteiger partial charge in [-0.1, -0.05) is 11.6 Å². The lowest BCUT2D eigenvalue weighted by Crippen LogP contribution is -1.95. The third kappa shape index (κ3) is 3.12. The molecule has 0 saturated carbocycles. The van der Waals surface area contributed by atoms with Gasteiger partial charge in [-0.05, 0) is 41.5 Å². The molecule has 0 fully saturated rings. The van der Waals surface area contributed by atoms with Crippen LogP contribution in [-0.2, 0) is 11.2 Å². The molecule has 3 rings (SSSR count). The third-order valence-electron chi connectivity index (χ3n) is 2.59. The van der Waals surface area contributed by atoms with Crippen LogP contribution >= 0.6 is 34.9 Å². The SMILES string of the molecule is COCCc1nsc(Sc2nc3ccc(Cl)cc3[nH]2)n1. The number of fused-ring (bicyclic) bond motifs is 1. The van der Waals surface area contributed by atoms with Crippen molar-refractivity contribution < 1.29 is 4.74 Å². The average Bonchev–Trinajstić information content (AvgIpc) is 3.02. The Bertz CT molecular complexity index is 727. The highest BCUT2D eigenvalue weighted by Gasteiger charge is 2.09. The van der Waals surface area contributed by atoms with Gasteiger partial charge in [-0.25, -0.2) is 9.97 Å². The van der Waals surface area contributed by atoms with E-state index < -0.39 is 0 Å². The predicted molar refractivity (Wildman–Crippen MR) is 80.7 cm³/mol. The maximum atomic E-state index is 5.95. The standard InChI is InChI=1S/C12H11ClN4OS2/c1-18-5-4-10-16-12(20-17-10)19-11-14-8-3-2-7(13)6-9(8)15-11/h2-3,6H,4-5H2,1H3,(H,14,15). The lowest BCUT2D eigenvalue weighted by atomic mass is 10.3. The number of aromatic nitrogens is 4. The summed E-state index contributed by atoms with van der Waals surface area (Å²) in [6.45, 7) is 0.629. The smallest absolute Gasteiger partial charge is 0.177 e. The van der Waals surface area contributed by atoms with Gasteiger partial charge in [0.05, 0.1) is 17.6 Å². The molecule has 8 heteroatoms. The van der Waals surface area contributed by atoms with Crippen molar-refractivity contribution in [2.75, 3.05) is 13.7 Å². The maximum Gasteiger partial charge on any atom is 0.177 e. The Morgan fingerprint density at radius 3 is 3.15 bits per heavy atom. The monoisotopic (exact) mass is 326 g/mol. The second kappa shape index (κ2) is 6.09. The van der Waals surface area contributed by atoms with E-state index in [0.29, 0.717) is 11.6 Å². The first-order valence-corrected chi connectivity index (χ1v) is 7.86. The number of nitrogens with zero attached hydrogens (tertiary/aromatic N) is 3. The second-order valence-electron chi connectivity index (χ2n) is 4.02. The Labute approximate surface area is 128 Å². The molecule has 0 saturated heterocycles. The Balaban J connectivity index is 1.76. The van der Waals surface area contributed by atoms with Crippen molar-refractivity contribution >= 4 is 45.9 Å². The molecule has 0 aliphatic rings. The summed E-state index contributed by atoms with van der Waals surface area (Å²) >= 11 is 8.79. The van der Waals surface area contributed by atoms with E-state index in [0.717, 1.165) is 32.8 Å². The molecule has 1 aromatic carbocycles. The third-order valence-corrected chi connectivity index (χ3v) is 4.50. The number of benzene rings is 1. The number of aromatic amines is 1. The molecule has 0 spiro atoms. The molecule has 5 nitrogen and oxygen atoms in total. The van der Waals surface area contributed by atoms with Crippen LogP contribution in [0.4, 0.5) is 0 Å². The number of H-pyrrole nitrogens is 1. The summed E-state index contributed by atoms with van der Waals surface area (Å²) in [5.74, 6) is 0.804. The van der Waals surface area contributed by atoms with E-state index in [2.05, 4.69) is 19.3 Å². The number of halogens is 1. The summed E-state index contributed by atoms with van der Waals surface area (Å²) in [5.41, 5.74) is 1.81. The first-order chi connectivity index (χ1) is 9.74. The number of methoxy groups -OCH3 is 1. The van der Waals surface area contributed by atoms with Crippen LogP contribution in [0.5, 0.6) is 0 Å². The lowest BCUT2D eigenvalue weighted by molar-refractivity contribution is 0.200. The van der Waals surface area contributed by atoms with Crippen LogP contribution in [0.25, 0.3) is 11.0 Å². The van der Waals surface area contributed by atoms with Gasteiger partial charge in [0.2, 0.25) is 0 Å². The molecule has 0 atom stereocenters. The van der Waals surface area contributed by atoms with Gasteiger partial charge in [-0.2, -0.15) is 4.37 Å². The predicted octanol–water partition coefficient (Wildman–Crippen LogP) is 3.41. The Kier molecular flexibility index (Phi) is 4.21. The molecular weight excluding hydrogens is 316 g/mol. The molecule has 104 valence electrons. The fourth-order valence-electron chi connectivity index (χ4n) is 1.66. The van der Waals surface area contributed by atoms with E-state index in [-0.39, 0.29) is 0 Å². The molecule has 20 heavy (non-hydrogen) atoms. The topological polar surface area (TPSA) is 63.7 Å². The van der Waals surface area contributed by atoms with Gasteiger partial charge < -0.3 is 9.72 Å². The number of imidazole rings is 1. The first kappa shape index (κ1) is 13.8. The van der Waals surface area contributed by atoms with Crippen LogP contribution in [0.2, 0.25) is 5.02 Å². The minimum Gasteiger partial charge on any atom is -0.384 e. The van der Waals surface area contributed by atoms with Crippen molar-refractivity contribution in [3.63, 3.8) is 0 Å². The molecule has 0 aliphatic carbocycles. The van der Waals surface area contributed by atoms with Gasteiger partial charge in [0.1, 0.15) is 5.82 Å². The van der Waals surface area contributed by atoms with E-state index in [1.165, 1.54) is 23.3 Å². The Morgan fingerprint density at radius 1 is 1.40 bits per heavy atom. The lowest BCUT2D eigenvalue weighted by Gasteiger charge is -1.92. The summed E-state index contributed by atoms with van der Waals surface area (Å²) in [6.07, 6.45) is 0.725. The number of rotatable bonds is 5. The summed E-state index contributed by atoms with van der Waals surface area (Å²) < 4.78 is 10.2. The highest BCUT2D eigenvalue weighted by molar-refractivity contribution is 8.00. The molecule has 0 aliphatic heterocycles. The Hall–Kier alpha value is -1.15. The summed E-state index contributed by atoms with van der Waals surface area (Å²) in [5, 5.41) is 1.48. The van der Waals surface area contributed by atoms with Gasteiger partial charge in [0.15, 0.2) is 9.50 Å². The zero-order valence-corrected chi connectivity index (χ0v) is 13.0. The van der Waals surface area contributed by atoms with Gasteiger partial charge in [0, 0.05) is 18.6 Å². The zero-order chi connectivity index (χ0) is 13.9. The number of hydrogen-bond donors (Lipinski definition) is 1. The van der Waals surface area contributed by atoms with Crippen molar-refractivity contribution in [2.45, 2.75) is 15.9 Å². The van der Waals surface area contributed by atoms with Crippen LogP contribution < -0.4 is 0 Å². The van der Waals surface area contributed by atoms with Crippen LogP contribution in [-0.4, -0.2) is 33.0 Å².